The fourth-order valence-electron chi connectivity index (χ4n) is 3.00. The molecule has 1 fully saturated rings. The van der Waals surface area contributed by atoms with Crippen LogP contribution in [0.1, 0.15) is 28.5 Å². The quantitative estimate of drug-likeness (QED) is 0.903. The lowest BCUT2D eigenvalue weighted by Crippen LogP contribution is -2.32. The van der Waals surface area contributed by atoms with Gasteiger partial charge in [-0.15, -0.1) is 0 Å². The van der Waals surface area contributed by atoms with Crippen LogP contribution in [-0.2, 0) is 11.3 Å². The minimum absolute atomic E-state index is 0.213. The molecule has 1 amide bonds. The summed E-state index contributed by atoms with van der Waals surface area (Å²) in [6, 6.07) is 7.43. The normalized spacial score (nSPS) is 20.5. The Morgan fingerprint density at radius 3 is 3.04 bits per heavy atom. The van der Waals surface area contributed by atoms with E-state index in [-0.39, 0.29) is 24.3 Å². The molecule has 0 saturated carbocycles. The van der Waals surface area contributed by atoms with Crippen LogP contribution in [0.3, 0.4) is 0 Å². The van der Waals surface area contributed by atoms with Crippen LogP contribution >= 0.6 is 0 Å². The Hall–Kier alpha value is -2.25. The minimum Gasteiger partial charge on any atom is -0.391 e. The average molecular weight is 333 g/mol. The van der Waals surface area contributed by atoms with Gasteiger partial charge >= 0.3 is 0 Å². The fourth-order valence-corrected chi connectivity index (χ4v) is 3.00. The van der Waals surface area contributed by atoms with E-state index >= 15 is 0 Å². The summed E-state index contributed by atoms with van der Waals surface area (Å²) in [6.45, 7) is 1.27. The van der Waals surface area contributed by atoms with E-state index in [0.29, 0.717) is 30.8 Å². The Balaban J connectivity index is 1.80. The molecule has 24 heavy (non-hydrogen) atoms. The summed E-state index contributed by atoms with van der Waals surface area (Å²) in [5.74, 6) is -0.623. The predicted octanol–water partition coefficient (Wildman–Crippen LogP) is 1.62. The Morgan fingerprint density at radius 2 is 2.29 bits per heavy atom. The van der Waals surface area contributed by atoms with Crippen molar-refractivity contribution >= 4 is 5.91 Å². The third kappa shape index (κ3) is 3.47. The number of rotatable bonds is 5. The maximum Gasteiger partial charge on any atom is 0.274 e. The van der Waals surface area contributed by atoms with Gasteiger partial charge in [0.25, 0.3) is 5.91 Å². The zero-order chi connectivity index (χ0) is 17.1. The summed E-state index contributed by atoms with van der Waals surface area (Å²) < 4.78 is 20.1. The molecule has 1 aromatic heterocycles. The van der Waals surface area contributed by atoms with E-state index in [9.17, 15) is 14.3 Å². The first kappa shape index (κ1) is 16.6. The number of likely N-dealkylation sites (tertiary alicyclic amines) is 1. The molecule has 0 spiro atoms. The van der Waals surface area contributed by atoms with Crippen LogP contribution in [0.2, 0.25) is 0 Å². The maximum atomic E-state index is 13.5. The molecule has 2 atom stereocenters. The number of aromatic nitrogens is 2. The molecular formula is C17H20FN3O3. The third-order valence-corrected chi connectivity index (χ3v) is 4.16. The molecule has 0 bridgehead atoms. The van der Waals surface area contributed by atoms with Crippen molar-refractivity contribution in [1.29, 1.82) is 0 Å². The van der Waals surface area contributed by atoms with Crippen molar-refractivity contribution in [3.63, 3.8) is 0 Å². The van der Waals surface area contributed by atoms with Gasteiger partial charge in [-0.3, -0.25) is 9.48 Å². The number of hydrogen-bond donors (Lipinski definition) is 1. The monoisotopic (exact) mass is 333 g/mol. The van der Waals surface area contributed by atoms with Crippen molar-refractivity contribution in [2.75, 3.05) is 20.3 Å². The van der Waals surface area contributed by atoms with E-state index in [4.69, 9.17) is 4.74 Å². The standard InChI is InChI=1S/C17H20FN3O3/c1-24-8-7-20-6-5-15(19-20)17(23)21-11-14(22)10-16(21)12-3-2-4-13(18)9-12/h2-6,9,14,16,22H,7-8,10-11H2,1H3/t14-,16-/m1/s1. The number of β-amino-alcohol motifs (C(OH)–C–C–N with tert-alkyl or cyclic N) is 1. The molecule has 2 heterocycles. The highest BCUT2D eigenvalue weighted by Gasteiger charge is 2.36. The summed E-state index contributed by atoms with van der Waals surface area (Å²) in [7, 11) is 1.60. The van der Waals surface area contributed by atoms with E-state index in [1.165, 1.54) is 12.1 Å². The van der Waals surface area contributed by atoms with Crippen molar-refractivity contribution in [2.24, 2.45) is 0 Å². The van der Waals surface area contributed by atoms with E-state index in [0.717, 1.165) is 0 Å². The number of nitrogens with zero attached hydrogens (tertiary/aromatic N) is 3. The molecule has 1 aliphatic rings. The van der Waals surface area contributed by atoms with Crippen LogP contribution in [0, 0.1) is 5.82 Å². The van der Waals surface area contributed by atoms with Gasteiger partial charge in [-0.2, -0.15) is 5.10 Å². The second kappa shape index (κ2) is 7.11. The topological polar surface area (TPSA) is 67.6 Å². The number of benzene rings is 1. The Kier molecular flexibility index (Phi) is 4.92. The van der Waals surface area contributed by atoms with Crippen molar-refractivity contribution < 1.29 is 19.0 Å². The summed E-state index contributed by atoms with van der Waals surface area (Å²) >= 11 is 0. The van der Waals surface area contributed by atoms with Gasteiger partial charge in [0.15, 0.2) is 0 Å². The molecule has 128 valence electrons. The number of hydrogen-bond acceptors (Lipinski definition) is 4. The molecule has 0 radical (unpaired) electrons. The summed E-state index contributed by atoms with van der Waals surface area (Å²) in [5.41, 5.74) is 0.986. The Bertz CT molecular complexity index is 719. The van der Waals surface area contributed by atoms with Gasteiger partial charge in [-0.25, -0.2) is 4.39 Å². The highest BCUT2D eigenvalue weighted by Crippen LogP contribution is 2.33. The summed E-state index contributed by atoms with van der Waals surface area (Å²) in [6.07, 6.45) is 1.48. The fraction of sp³-hybridized carbons (Fsp3) is 0.412. The van der Waals surface area contributed by atoms with Crippen LogP contribution in [-0.4, -0.2) is 52.1 Å². The van der Waals surface area contributed by atoms with E-state index in [1.54, 1.807) is 41.1 Å². The predicted molar refractivity (Wildman–Crippen MR) is 84.9 cm³/mol. The van der Waals surface area contributed by atoms with Crippen molar-refractivity contribution in [3.05, 3.63) is 53.6 Å². The van der Waals surface area contributed by atoms with E-state index < -0.39 is 6.10 Å². The van der Waals surface area contributed by atoms with Crippen molar-refractivity contribution in [1.82, 2.24) is 14.7 Å². The van der Waals surface area contributed by atoms with Gasteiger partial charge in [0.2, 0.25) is 0 Å². The minimum atomic E-state index is -0.627. The first-order chi connectivity index (χ1) is 11.6. The number of aliphatic hydroxyl groups is 1. The molecular weight excluding hydrogens is 313 g/mol. The van der Waals surface area contributed by atoms with Gasteiger partial charge in [0.1, 0.15) is 11.5 Å². The van der Waals surface area contributed by atoms with Crippen LogP contribution in [0.5, 0.6) is 0 Å². The lowest BCUT2D eigenvalue weighted by molar-refractivity contribution is 0.0708. The SMILES string of the molecule is COCCn1ccc(C(=O)N2C[C@H](O)C[C@@H]2c2cccc(F)c2)n1. The molecule has 0 unspecified atom stereocenters. The molecule has 3 rings (SSSR count). The molecule has 6 nitrogen and oxygen atoms in total. The first-order valence-corrected chi connectivity index (χ1v) is 7.85. The van der Waals surface area contributed by atoms with E-state index in [1.807, 2.05) is 0 Å². The highest BCUT2D eigenvalue weighted by atomic mass is 19.1. The third-order valence-electron chi connectivity index (χ3n) is 4.16. The number of ether oxygens (including phenoxy) is 1. The lowest BCUT2D eigenvalue weighted by atomic mass is 10.0. The van der Waals surface area contributed by atoms with Gasteiger partial charge in [-0.05, 0) is 30.2 Å². The largest absolute Gasteiger partial charge is 0.391 e. The zero-order valence-electron chi connectivity index (χ0n) is 13.4. The second-order valence-electron chi connectivity index (χ2n) is 5.87. The van der Waals surface area contributed by atoms with Crippen LogP contribution in [0.4, 0.5) is 4.39 Å². The second-order valence-corrected chi connectivity index (χ2v) is 5.87. The van der Waals surface area contributed by atoms with Gasteiger partial charge < -0.3 is 14.7 Å². The Labute approximate surface area is 139 Å². The number of aliphatic hydroxyl groups excluding tert-OH is 1. The van der Waals surface area contributed by atoms with Gasteiger partial charge in [-0.1, -0.05) is 12.1 Å². The summed E-state index contributed by atoms with van der Waals surface area (Å²) in [5, 5.41) is 14.2. The molecule has 2 aromatic rings. The molecule has 0 aliphatic carbocycles. The number of carbonyl (C=O) groups excluding carboxylic acids is 1. The molecule has 7 heteroatoms. The number of halogens is 1. The van der Waals surface area contributed by atoms with Crippen LogP contribution < -0.4 is 0 Å². The van der Waals surface area contributed by atoms with Crippen molar-refractivity contribution in [2.45, 2.75) is 25.1 Å². The number of methoxy groups -OCH3 is 1. The van der Waals surface area contributed by atoms with E-state index in [2.05, 4.69) is 5.10 Å². The highest BCUT2D eigenvalue weighted by molar-refractivity contribution is 5.92. The summed E-state index contributed by atoms with van der Waals surface area (Å²) in [4.78, 5) is 14.3. The molecule has 1 aliphatic heterocycles. The Morgan fingerprint density at radius 1 is 1.46 bits per heavy atom. The smallest absolute Gasteiger partial charge is 0.274 e. The average Bonchev–Trinajstić information content (AvgIpc) is 3.19. The van der Waals surface area contributed by atoms with Crippen molar-refractivity contribution in [3.8, 4) is 0 Å². The number of amides is 1. The van der Waals surface area contributed by atoms with Crippen LogP contribution in [0.15, 0.2) is 36.5 Å². The van der Waals surface area contributed by atoms with Gasteiger partial charge in [0, 0.05) is 19.9 Å². The molecule has 1 saturated heterocycles. The zero-order valence-corrected chi connectivity index (χ0v) is 13.4. The molecule has 1 aromatic carbocycles. The molecule has 1 N–H and O–H groups in total. The first-order valence-electron chi connectivity index (χ1n) is 7.85. The van der Waals surface area contributed by atoms with Crippen LogP contribution in [0.25, 0.3) is 0 Å². The maximum absolute atomic E-state index is 13.5. The lowest BCUT2D eigenvalue weighted by Gasteiger charge is -2.24. The van der Waals surface area contributed by atoms with Gasteiger partial charge in [0.05, 0.1) is 25.3 Å². The number of carbonyl (C=O) groups is 1.